The van der Waals surface area contributed by atoms with Crippen LogP contribution in [0.3, 0.4) is 0 Å². The molecule has 25 heavy (non-hydrogen) atoms. The van der Waals surface area contributed by atoms with Gasteiger partial charge in [-0.2, -0.15) is 5.10 Å². The van der Waals surface area contributed by atoms with Crippen molar-refractivity contribution in [2.75, 3.05) is 6.54 Å². The number of rotatable bonds is 4. The minimum absolute atomic E-state index is 0.0156. The largest absolute Gasteiger partial charge is 0.487 e. The molecule has 0 fully saturated rings. The van der Waals surface area contributed by atoms with Gasteiger partial charge >= 0.3 is 0 Å². The van der Waals surface area contributed by atoms with Gasteiger partial charge in [0.2, 0.25) is 0 Å². The van der Waals surface area contributed by atoms with Crippen LogP contribution in [-0.2, 0) is 26.6 Å². The lowest BCUT2D eigenvalue weighted by Crippen LogP contribution is -2.36. The predicted octanol–water partition coefficient (Wildman–Crippen LogP) is 2.79. The summed E-state index contributed by atoms with van der Waals surface area (Å²) in [6.07, 6.45) is 3.79. The standard InChI is InChI=1S/C19H19N3O3/c1-21-18-7-9-22(19(23)14-8-10-24-12-14)11-16(18)17(20-21)13-25-15-5-3-2-4-6-15/h2-6,8,10,12H,7,9,11,13H2,1H3. The monoisotopic (exact) mass is 337 g/mol. The second kappa shape index (κ2) is 6.47. The van der Waals surface area contributed by atoms with Crippen LogP contribution < -0.4 is 4.74 Å². The number of hydrogen-bond acceptors (Lipinski definition) is 4. The van der Waals surface area contributed by atoms with Crippen LogP contribution >= 0.6 is 0 Å². The lowest BCUT2D eigenvalue weighted by molar-refractivity contribution is 0.0731. The Morgan fingerprint density at radius 2 is 2.12 bits per heavy atom. The minimum atomic E-state index is -0.0156. The lowest BCUT2D eigenvalue weighted by Gasteiger charge is -2.27. The third-order valence-corrected chi connectivity index (χ3v) is 4.50. The average Bonchev–Trinajstić information content (AvgIpc) is 3.29. The summed E-state index contributed by atoms with van der Waals surface area (Å²) < 4.78 is 12.8. The Morgan fingerprint density at radius 3 is 2.88 bits per heavy atom. The number of hydrogen-bond donors (Lipinski definition) is 0. The van der Waals surface area contributed by atoms with Crippen LogP contribution in [0.4, 0.5) is 0 Å². The topological polar surface area (TPSA) is 60.5 Å². The van der Waals surface area contributed by atoms with Gasteiger partial charge in [-0.05, 0) is 18.2 Å². The molecule has 0 unspecified atom stereocenters. The highest BCUT2D eigenvalue weighted by Gasteiger charge is 2.27. The fourth-order valence-corrected chi connectivity index (χ4v) is 3.20. The molecule has 3 aromatic rings. The zero-order valence-corrected chi connectivity index (χ0v) is 14.0. The molecule has 1 aromatic carbocycles. The van der Waals surface area contributed by atoms with Crippen LogP contribution in [0.15, 0.2) is 53.3 Å². The van der Waals surface area contributed by atoms with E-state index in [4.69, 9.17) is 9.15 Å². The molecule has 2 aromatic heterocycles. The van der Waals surface area contributed by atoms with Gasteiger partial charge in [0, 0.05) is 37.8 Å². The molecule has 0 saturated heterocycles. The van der Waals surface area contributed by atoms with Crippen molar-refractivity contribution in [2.24, 2.45) is 7.05 Å². The van der Waals surface area contributed by atoms with E-state index in [1.165, 1.54) is 18.2 Å². The number of carbonyl (C=O) groups excluding carboxylic acids is 1. The van der Waals surface area contributed by atoms with Crippen molar-refractivity contribution in [2.45, 2.75) is 19.6 Å². The molecule has 128 valence electrons. The lowest BCUT2D eigenvalue weighted by atomic mass is 10.0. The molecule has 3 heterocycles. The highest BCUT2D eigenvalue weighted by Crippen LogP contribution is 2.24. The van der Waals surface area contributed by atoms with E-state index in [1.807, 2.05) is 47.0 Å². The van der Waals surface area contributed by atoms with Crippen molar-refractivity contribution in [1.82, 2.24) is 14.7 Å². The molecule has 0 radical (unpaired) electrons. The molecule has 0 saturated carbocycles. The number of amides is 1. The number of aryl methyl sites for hydroxylation is 1. The molecule has 0 atom stereocenters. The predicted molar refractivity (Wildman–Crippen MR) is 91.1 cm³/mol. The van der Waals surface area contributed by atoms with Crippen LogP contribution in [0, 0.1) is 0 Å². The maximum absolute atomic E-state index is 12.6. The number of nitrogens with zero attached hydrogens (tertiary/aromatic N) is 3. The van der Waals surface area contributed by atoms with Gasteiger partial charge in [0.25, 0.3) is 5.91 Å². The number of para-hydroxylation sites is 1. The fourth-order valence-electron chi connectivity index (χ4n) is 3.20. The van der Waals surface area contributed by atoms with Crippen LogP contribution in [0.25, 0.3) is 0 Å². The van der Waals surface area contributed by atoms with Gasteiger partial charge in [0.1, 0.15) is 24.3 Å². The summed E-state index contributed by atoms with van der Waals surface area (Å²) in [6, 6.07) is 11.4. The Balaban J connectivity index is 1.53. The molecule has 6 heteroatoms. The number of furan rings is 1. The molecule has 1 amide bonds. The first-order valence-corrected chi connectivity index (χ1v) is 8.25. The zero-order chi connectivity index (χ0) is 17.2. The summed E-state index contributed by atoms with van der Waals surface area (Å²) in [5.41, 5.74) is 3.71. The second-order valence-corrected chi connectivity index (χ2v) is 6.09. The quantitative estimate of drug-likeness (QED) is 0.734. The first kappa shape index (κ1) is 15.5. The van der Waals surface area contributed by atoms with Crippen molar-refractivity contribution >= 4 is 5.91 Å². The van der Waals surface area contributed by atoms with Crippen molar-refractivity contribution in [3.05, 3.63) is 71.4 Å². The highest BCUT2D eigenvalue weighted by molar-refractivity contribution is 5.93. The molecular formula is C19H19N3O3. The van der Waals surface area contributed by atoms with E-state index in [2.05, 4.69) is 5.10 Å². The summed E-state index contributed by atoms with van der Waals surface area (Å²) in [5, 5.41) is 4.60. The van der Waals surface area contributed by atoms with Gasteiger partial charge in [-0.15, -0.1) is 0 Å². The second-order valence-electron chi connectivity index (χ2n) is 6.09. The zero-order valence-electron chi connectivity index (χ0n) is 14.0. The number of aromatic nitrogens is 2. The van der Waals surface area contributed by atoms with Crippen LogP contribution in [0.2, 0.25) is 0 Å². The Hall–Kier alpha value is -3.02. The third-order valence-electron chi connectivity index (χ3n) is 4.50. The fraction of sp³-hybridized carbons (Fsp3) is 0.263. The van der Waals surface area contributed by atoms with Gasteiger partial charge in [-0.1, -0.05) is 18.2 Å². The van der Waals surface area contributed by atoms with Gasteiger partial charge in [0.15, 0.2) is 0 Å². The minimum Gasteiger partial charge on any atom is -0.487 e. The molecule has 0 spiro atoms. The molecule has 1 aliphatic heterocycles. The molecule has 6 nitrogen and oxygen atoms in total. The number of fused-ring (bicyclic) bond motifs is 1. The van der Waals surface area contributed by atoms with Crippen LogP contribution in [0.1, 0.15) is 27.3 Å². The van der Waals surface area contributed by atoms with Gasteiger partial charge in [-0.25, -0.2) is 0 Å². The molecule has 0 aliphatic carbocycles. The summed E-state index contributed by atoms with van der Waals surface area (Å²) >= 11 is 0. The molecule has 1 aliphatic rings. The Bertz CT molecular complexity index is 869. The SMILES string of the molecule is Cn1nc(COc2ccccc2)c2c1CCN(C(=O)c1ccoc1)C2. The smallest absolute Gasteiger partial charge is 0.257 e. The van der Waals surface area contributed by atoms with E-state index >= 15 is 0 Å². The molecule has 0 bridgehead atoms. The summed E-state index contributed by atoms with van der Waals surface area (Å²) in [4.78, 5) is 14.4. The highest BCUT2D eigenvalue weighted by atomic mass is 16.5. The normalized spacial score (nSPS) is 13.6. The summed E-state index contributed by atoms with van der Waals surface area (Å²) in [5.74, 6) is 0.794. The first-order chi connectivity index (χ1) is 12.2. The summed E-state index contributed by atoms with van der Waals surface area (Å²) in [6.45, 7) is 1.61. The van der Waals surface area contributed by atoms with E-state index in [1.54, 1.807) is 6.07 Å². The van der Waals surface area contributed by atoms with E-state index < -0.39 is 0 Å². The van der Waals surface area contributed by atoms with Crippen molar-refractivity contribution in [3.8, 4) is 5.75 Å². The number of benzene rings is 1. The Labute approximate surface area is 145 Å². The van der Waals surface area contributed by atoms with Crippen molar-refractivity contribution in [3.63, 3.8) is 0 Å². The average molecular weight is 337 g/mol. The summed E-state index contributed by atoms with van der Waals surface area (Å²) in [7, 11) is 1.94. The van der Waals surface area contributed by atoms with Crippen LogP contribution in [-0.4, -0.2) is 27.1 Å². The molecule has 0 N–H and O–H groups in total. The number of ether oxygens (including phenoxy) is 1. The van der Waals surface area contributed by atoms with E-state index in [0.29, 0.717) is 25.3 Å². The van der Waals surface area contributed by atoms with Crippen molar-refractivity contribution in [1.29, 1.82) is 0 Å². The van der Waals surface area contributed by atoms with Gasteiger partial charge in [-0.3, -0.25) is 9.48 Å². The van der Waals surface area contributed by atoms with Gasteiger partial charge < -0.3 is 14.1 Å². The van der Waals surface area contributed by atoms with E-state index in [9.17, 15) is 4.79 Å². The first-order valence-electron chi connectivity index (χ1n) is 8.25. The molecule has 4 rings (SSSR count). The van der Waals surface area contributed by atoms with E-state index in [0.717, 1.165) is 23.4 Å². The maximum atomic E-state index is 12.6. The van der Waals surface area contributed by atoms with Crippen molar-refractivity contribution < 1.29 is 13.9 Å². The Kier molecular flexibility index (Phi) is 4.01. The number of carbonyl (C=O) groups is 1. The molecular weight excluding hydrogens is 318 g/mol. The van der Waals surface area contributed by atoms with Gasteiger partial charge in [0.05, 0.1) is 11.8 Å². The third kappa shape index (κ3) is 3.03. The maximum Gasteiger partial charge on any atom is 0.257 e. The van der Waals surface area contributed by atoms with E-state index in [-0.39, 0.29) is 5.91 Å². The Morgan fingerprint density at radius 1 is 1.28 bits per heavy atom. The van der Waals surface area contributed by atoms with Crippen LogP contribution in [0.5, 0.6) is 5.75 Å².